The number of hydrogen-bond donors (Lipinski definition) is 1. The number of hydrazone groups is 1. The van der Waals surface area contributed by atoms with E-state index in [1.54, 1.807) is 29.4 Å². The van der Waals surface area contributed by atoms with Crippen LogP contribution in [-0.4, -0.2) is 36.4 Å². The third kappa shape index (κ3) is 7.33. The summed E-state index contributed by atoms with van der Waals surface area (Å²) >= 11 is 0. The van der Waals surface area contributed by atoms with Crippen molar-refractivity contribution in [2.24, 2.45) is 10.9 Å². The Morgan fingerprint density at radius 2 is 1.56 bits per heavy atom. The van der Waals surface area contributed by atoms with Crippen molar-refractivity contribution >= 4 is 17.9 Å². The fraction of sp³-hybridized carbons (Fsp3) is 0.296. The average Bonchev–Trinajstić information content (AvgIpc) is 2.85. The van der Waals surface area contributed by atoms with Gasteiger partial charge in [0.2, 0.25) is 0 Å². The Bertz CT molecular complexity index is 1040. The van der Waals surface area contributed by atoms with Crippen molar-refractivity contribution in [2.75, 3.05) is 18.1 Å². The number of nitrogens with zero attached hydrogens (tertiary/aromatic N) is 3. The molecule has 0 atom stereocenters. The fourth-order valence-corrected chi connectivity index (χ4v) is 3.43. The minimum absolute atomic E-state index is 0.00715. The molecule has 34 heavy (non-hydrogen) atoms. The van der Waals surface area contributed by atoms with Crippen LogP contribution in [0.5, 0.6) is 11.5 Å². The summed E-state index contributed by atoms with van der Waals surface area (Å²) in [6.45, 7) is 5.23. The van der Waals surface area contributed by atoms with Crippen LogP contribution in [0.4, 0.5) is 5.82 Å². The zero-order valence-corrected chi connectivity index (χ0v) is 19.8. The number of carbonyl (C=O) groups excluding carboxylic acids is 1. The molecule has 1 heterocycles. The van der Waals surface area contributed by atoms with Crippen molar-refractivity contribution in [3.63, 3.8) is 0 Å². The van der Waals surface area contributed by atoms with Crippen LogP contribution in [0.3, 0.4) is 0 Å². The summed E-state index contributed by atoms with van der Waals surface area (Å²) in [7, 11) is 0. The first kappa shape index (κ1) is 24.8. The molecule has 1 amide bonds. The molecule has 2 aromatic carbocycles. The fourth-order valence-electron chi connectivity index (χ4n) is 3.43. The zero-order chi connectivity index (χ0) is 24.2. The highest BCUT2D eigenvalue weighted by molar-refractivity contribution is 6.05. The minimum atomic E-state index is -0.0811. The highest BCUT2D eigenvalue weighted by Crippen LogP contribution is 2.20. The van der Waals surface area contributed by atoms with Gasteiger partial charge in [-0.1, -0.05) is 6.07 Å². The van der Waals surface area contributed by atoms with Gasteiger partial charge in [0.25, 0.3) is 5.91 Å². The van der Waals surface area contributed by atoms with Crippen LogP contribution in [0.15, 0.2) is 78.0 Å². The number of aromatic nitrogens is 1. The quantitative estimate of drug-likeness (QED) is 0.177. The van der Waals surface area contributed by atoms with Gasteiger partial charge in [-0.15, -0.1) is 0 Å². The van der Waals surface area contributed by atoms with E-state index in [0.717, 1.165) is 36.3 Å². The third-order valence-electron chi connectivity index (χ3n) is 5.16. The largest absolute Gasteiger partial charge is 0.494 e. The Morgan fingerprint density at radius 1 is 0.941 bits per heavy atom. The summed E-state index contributed by atoms with van der Waals surface area (Å²) < 4.78 is 11.6. The van der Waals surface area contributed by atoms with Crippen LogP contribution in [0.1, 0.15) is 49.0 Å². The van der Waals surface area contributed by atoms with Gasteiger partial charge in [0.1, 0.15) is 17.3 Å². The summed E-state index contributed by atoms with van der Waals surface area (Å²) in [5.74, 6) is 7.29. The van der Waals surface area contributed by atoms with Gasteiger partial charge in [-0.2, -0.15) is 5.10 Å². The molecule has 0 unspecified atom stereocenters. The topological polar surface area (TPSA) is 90.0 Å². The lowest BCUT2D eigenvalue weighted by molar-refractivity contribution is 0.0979. The molecular weight excluding hydrogens is 428 g/mol. The van der Waals surface area contributed by atoms with Crippen molar-refractivity contribution in [2.45, 2.75) is 39.2 Å². The summed E-state index contributed by atoms with van der Waals surface area (Å²) in [4.78, 5) is 19.1. The molecule has 0 saturated carbocycles. The molecule has 3 rings (SSSR count). The molecule has 1 aromatic heterocycles. The molecule has 7 heteroatoms. The highest BCUT2D eigenvalue weighted by Gasteiger charge is 2.21. The number of hydrogen-bond acceptors (Lipinski definition) is 6. The van der Waals surface area contributed by atoms with Gasteiger partial charge >= 0.3 is 0 Å². The summed E-state index contributed by atoms with van der Waals surface area (Å²) in [5, 5.41) is 3.50. The number of amides is 1. The highest BCUT2D eigenvalue weighted by atomic mass is 16.5. The van der Waals surface area contributed by atoms with E-state index >= 15 is 0 Å². The Balaban J connectivity index is 1.38. The molecule has 3 aromatic rings. The third-order valence-corrected chi connectivity index (χ3v) is 5.16. The standard InChI is InChI=1S/C27H32N4O3/c1-21(2)31(26-8-4-5-17-29-26)27(32)23-11-15-25(16-12-23)34-19-7-3-6-18-33-24-13-9-22(10-14-24)20-30-28/h4-5,8-17,20-21H,3,6-7,18-19,28H2,1-2H3/b30-20+. The molecule has 0 aliphatic heterocycles. The van der Waals surface area contributed by atoms with Crippen molar-refractivity contribution in [1.82, 2.24) is 4.98 Å². The molecule has 7 nitrogen and oxygen atoms in total. The van der Waals surface area contributed by atoms with E-state index in [4.69, 9.17) is 15.3 Å². The second-order valence-corrected chi connectivity index (χ2v) is 8.09. The lowest BCUT2D eigenvalue weighted by atomic mass is 10.1. The van der Waals surface area contributed by atoms with Crippen molar-refractivity contribution in [1.29, 1.82) is 0 Å². The van der Waals surface area contributed by atoms with E-state index in [1.807, 2.05) is 68.4 Å². The van der Waals surface area contributed by atoms with E-state index in [1.165, 1.54) is 0 Å². The van der Waals surface area contributed by atoms with Crippen molar-refractivity contribution < 1.29 is 14.3 Å². The van der Waals surface area contributed by atoms with Crippen molar-refractivity contribution in [3.8, 4) is 11.5 Å². The van der Waals surface area contributed by atoms with Gasteiger partial charge < -0.3 is 15.3 Å². The molecule has 0 bridgehead atoms. The first-order valence-corrected chi connectivity index (χ1v) is 11.5. The molecule has 0 aliphatic rings. The minimum Gasteiger partial charge on any atom is -0.494 e. The number of rotatable bonds is 12. The van der Waals surface area contributed by atoms with Gasteiger partial charge in [-0.05, 0) is 99.3 Å². The van der Waals surface area contributed by atoms with Crippen LogP contribution in [0.2, 0.25) is 0 Å². The van der Waals surface area contributed by atoms with E-state index in [9.17, 15) is 4.79 Å². The predicted octanol–water partition coefficient (Wildman–Crippen LogP) is 5.06. The number of carbonyl (C=O) groups is 1. The molecule has 0 spiro atoms. The molecule has 178 valence electrons. The monoisotopic (exact) mass is 460 g/mol. The van der Waals surface area contributed by atoms with Crippen LogP contribution < -0.4 is 20.2 Å². The maximum atomic E-state index is 13.0. The van der Waals surface area contributed by atoms with Crippen LogP contribution >= 0.6 is 0 Å². The maximum Gasteiger partial charge on any atom is 0.259 e. The lowest BCUT2D eigenvalue weighted by Gasteiger charge is -2.25. The molecule has 0 aliphatic carbocycles. The number of unbranched alkanes of at least 4 members (excludes halogenated alkanes) is 2. The molecular formula is C27H32N4O3. The number of ether oxygens (including phenoxy) is 2. The zero-order valence-electron chi connectivity index (χ0n) is 19.8. The number of pyridine rings is 1. The van der Waals surface area contributed by atoms with Gasteiger partial charge in [0, 0.05) is 17.8 Å². The second kappa shape index (κ2) is 13.0. The maximum absolute atomic E-state index is 13.0. The summed E-state index contributed by atoms with van der Waals surface area (Å²) in [6.07, 6.45) is 6.16. The van der Waals surface area contributed by atoms with Gasteiger partial charge in [0.05, 0.1) is 19.4 Å². The molecule has 0 saturated heterocycles. The van der Waals surface area contributed by atoms with Gasteiger partial charge in [-0.25, -0.2) is 4.98 Å². The molecule has 0 radical (unpaired) electrons. The first-order chi connectivity index (χ1) is 16.6. The Labute approximate surface area is 201 Å². The van der Waals surface area contributed by atoms with Crippen LogP contribution in [0.25, 0.3) is 0 Å². The van der Waals surface area contributed by atoms with Gasteiger partial charge in [-0.3, -0.25) is 9.69 Å². The normalized spacial score (nSPS) is 11.0. The van der Waals surface area contributed by atoms with E-state index in [-0.39, 0.29) is 11.9 Å². The second-order valence-electron chi connectivity index (χ2n) is 8.09. The van der Waals surface area contributed by atoms with E-state index in [2.05, 4.69) is 10.1 Å². The number of anilines is 1. The number of benzene rings is 2. The Kier molecular flexibility index (Phi) is 9.46. The van der Waals surface area contributed by atoms with E-state index in [0.29, 0.717) is 24.6 Å². The average molecular weight is 461 g/mol. The summed E-state index contributed by atoms with van der Waals surface area (Å²) in [5.41, 5.74) is 1.54. The van der Waals surface area contributed by atoms with Gasteiger partial charge in [0.15, 0.2) is 0 Å². The molecule has 0 fully saturated rings. The first-order valence-electron chi connectivity index (χ1n) is 11.5. The summed E-state index contributed by atoms with van der Waals surface area (Å²) in [6, 6.07) is 20.5. The van der Waals surface area contributed by atoms with E-state index < -0.39 is 0 Å². The van der Waals surface area contributed by atoms with Crippen LogP contribution in [-0.2, 0) is 0 Å². The number of nitrogens with two attached hydrogens (primary N) is 1. The Morgan fingerprint density at radius 3 is 2.09 bits per heavy atom. The van der Waals surface area contributed by atoms with Crippen LogP contribution in [0, 0.1) is 0 Å². The molecule has 2 N–H and O–H groups in total. The Hall–Kier alpha value is -3.87. The SMILES string of the molecule is CC(C)N(C(=O)c1ccc(OCCCCCOc2ccc(/C=N/N)cc2)cc1)c1ccccn1. The van der Waals surface area contributed by atoms with Crippen molar-refractivity contribution in [3.05, 3.63) is 84.1 Å². The smallest absolute Gasteiger partial charge is 0.259 e. The lowest BCUT2D eigenvalue weighted by Crippen LogP contribution is -2.37. The predicted molar refractivity (Wildman–Crippen MR) is 136 cm³/mol.